The smallest absolute Gasteiger partial charge is 0.243 e. The van der Waals surface area contributed by atoms with Crippen molar-refractivity contribution in [3.63, 3.8) is 0 Å². The van der Waals surface area contributed by atoms with Crippen LogP contribution in [0.15, 0.2) is 53.4 Å². The van der Waals surface area contributed by atoms with Gasteiger partial charge in [-0.15, -0.1) is 0 Å². The summed E-state index contributed by atoms with van der Waals surface area (Å²) in [7, 11) is -3.59. The molecule has 0 spiro atoms. The molecule has 4 rings (SSSR count). The summed E-state index contributed by atoms with van der Waals surface area (Å²) >= 11 is 0. The standard InChI is InChI=1S/C24H29N3O5S/c1-2-32-21-11-9-20(10-12-21)27-17-18(15-23(27)28)24(29)25-19-7-6-8-22(16-19)33(30,31)26-13-4-3-5-14-26/h6-12,16,18H,2-5,13-15,17H2,1H3,(H,25,29)/t18-/m0/s1. The van der Waals surface area contributed by atoms with E-state index in [0.29, 0.717) is 31.1 Å². The molecule has 176 valence electrons. The number of nitrogens with one attached hydrogen (secondary N) is 1. The Morgan fingerprint density at radius 3 is 2.52 bits per heavy atom. The maximum Gasteiger partial charge on any atom is 0.243 e. The van der Waals surface area contributed by atoms with Gasteiger partial charge in [0.2, 0.25) is 21.8 Å². The van der Waals surface area contributed by atoms with Crippen molar-refractivity contribution in [3.05, 3.63) is 48.5 Å². The minimum Gasteiger partial charge on any atom is -0.494 e. The second-order valence-electron chi connectivity index (χ2n) is 8.31. The molecule has 2 aliphatic rings. The Labute approximate surface area is 194 Å². The molecule has 2 fully saturated rings. The number of hydrogen-bond donors (Lipinski definition) is 1. The Morgan fingerprint density at radius 1 is 1.09 bits per heavy atom. The first kappa shape index (κ1) is 23.3. The zero-order valence-corrected chi connectivity index (χ0v) is 19.5. The molecule has 8 nitrogen and oxygen atoms in total. The molecule has 2 aromatic rings. The number of nitrogens with zero attached hydrogens (tertiary/aromatic N) is 2. The lowest BCUT2D eigenvalue weighted by Crippen LogP contribution is -2.35. The molecule has 2 aliphatic heterocycles. The topological polar surface area (TPSA) is 96.0 Å². The minimum atomic E-state index is -3.59. The molecule has 1 atom stereocenters. The van der Waals surface area contributed by atoms with Crippen LogP contribution in [0.2, 0.25) is 0 Å². The van der Waals surface area contributed by atoms with Gasteiger partial charge < -0.3 is 15.0 Å². The van der Waals surface area contributed by atoms with Gasteiger partial charge in [-0.2, -0.15) is 4.31 Å². The van der Waals surface area contributed by atoms with Crippen LogP contribution < -0.4 is 15.0 Å². The molecular formula is C24H29N3O5S. The van der Waals surface area contributed by atoms with Gasteiger partial charge in [-0.3, -0.25) is 9.59 Å². The number of anilines is 2. The Morgan fingerprint density at radius 2 is 1.82 bits per heavy atom. The molecule has 2 amide bonds. The summed E-state index contributed by atoms with van der Waals surface area (Å²) in [5, 5.41) is 2.80. The van der Waals surface area contributed by atoms with Crippen molar-refractivity contribution < 1.29 is 22.7 Å². The van der Waals surface area contributed by atoms with Crippen LogP contribution in [0.5, 0.6) is 5.75 Å². The highest BCUT2D eigenvalue weighted by Crippen LogP contribution is 2.28. The number of piperidine rings is 1. The molecule has 0 aliphatic carbocycles. The van der Waals surface area contributed by atoms with E-state index in [2.05, 4.69) is 5.32 Å². The summed E-state index contributed by atoms with van der Waals surface area (Å²) in [6.07, 6.45) is 2.85. The molecule has 2 aromatic carbocycles. The monoisotopic (exact) mass is 471 g/mol. The van der Waals surface area contributed by atoms with Gasteiger partial charge >= 0.3 is 0 Å². The average molecular weight is 472 g/mol. The summed E-state index contributed by atoms with van der Waals surface area (Å²) in [4.78, 5) is 27.2. The fraction of sp³-hybridized carbons (Fsp3) is 0.417. The van der Waals surface area contributed by atoms with Crippen LogP contribution >= 0.6 is 0 Å². The van der Waals surface area contributed by atoms with E-state index < -0.39 is 15.9 Å². The molecule has 2 heterocycles. The van der Waals surface area contributed by atoms with E-state index in [0.717, 1.165) is 25.0 Å². The largest absolute Gasteiger partial charge is 0.494 e. The van der Waals surface area contributed by atoms with Gasteiger partial charge in [0.1, 0.15) is 5.75 Å². The fourth-order valence-corrected chi connectivity index (χ4v) is 5.82. The van der Waals surface area contributed by atoms with Crippen molar-refractivity contribution in [2.24, 2.45) is 5.92 Å². The summed E-state index contributed by atoms with van der Waals surface area (Å²) in [5.74, 6) is -0.224. The first-order valence-electron chi connectivity index (χ1n) is 11.3. The third-order valence-corrected chi connectivity index (χ3v) is 7.90. The number of sulfonamides is 1. The van der Waals surface area contributed by atoms with E-state index in [-0.39, 0.29) is 29.7 Å². The number of ether oxygens (including phenoxy) is 1. The zero-order chi connectivity index (χ0) is 23.4. The Bertz CT molecular complexity index is 1110. The average Bonchev–Trinajstić information content (AvgIpc) is 3.22. The normalized spacial score (nSPS) is 19.5. The second kappa shape index (κ2) is 9.93. The molecule has 0 unspecified atom stereocenters. The summed E-state index contributed by atoms with van der Waals surface area (Å²) < 4.78 is 32.8. The van der Waals surface area contributed by atoms with Gasteiger partial charge in [0.25, 0.3) is 0 Å². The van der Waals surface area contributed by atoms with Gasteiger partial charge in [0.15, 0.2) is 0 Å². The molecule has 0 saturated carbocycles. The third kappa shape index (κ3) is 5.20. The molecular weight excluding hydrogens is 442 g/mol. The number of rotatable bonds is 7. The molecule has 0 aromatic heterocycles. The lowest BCUT2D eigenvalue weighted by atomic mass is 10.1. The maximum atomic E-state index is 12.9. The zero-order valence-electron chi connectivity index (χ0n) is 18.7. The number of benzene rings is 2. The molecule has 9 heteroatoms. The fourth-order valence-electron chi connectivity index (χ4n) is 4.25. The molecule has 1 N–H and O–H groups in total. The highest BCUT2D eigenvalue weighted by Gasteiger charge is 2.35. The highest BCUT2D eigenvalue weighted by molar-refractivity contribution is 7.89. The van der Waals surface area contributed by atoms with Crippen LogP contribution in [-0.4, -0.2) is 50.8 Å². The predicted octanol–water partition coefficient (Wildman–Crippen LogP) is 3.25. The maximum absolute atomic E-state index is 12.9. The highest BCUT2D eigenvalue weighted by atomic mass is 32.2. The summed E-state index contributed by atoms with van der Waals surface area (Å²) in [6.45, 7) is 3.77. The number of carbonyl (C=O) groups excluding carboxylic acids is 2. The predicted molar refractivity (Wildman–Crippen MR) is 126 cm³/mol. The van der Waals surface area contributed by atoms with Gasteiger partial charge in [0, 0.05) is 37.4 Å². The van der Waals surface area contributed by atoms with Crippen LogP contribution in [0.4, 0.5) is 11.4 Å². The van der Waals surface area contributed by atoms with Gasteiger partial charge in [-0.25, -0.2) is 8.42 Å². The van der Waals surface area contributed by atoms with E-state index in [4.69, 9.17) is 4.74 Å². The Balaban J connectivity index is 1.42. The number of carbonyl (C=O) groups is 2. The van der Waals surface area contributed by atoms with Gasteiger partial charge in [0.05, 0.1) is 17.4 Å². The van der Waals surface area contributed by atoms with Crippen LogP contribution in [-0.2, 0) is 19.6 Å². The third-order valence-electron chi connectivity index (χ3n) is 6.01. The van der Waals surface area contributed by atoms with E-state index in [9.17, 15) is 18.0 Å². The van der Waals surface area contributed by atoms with Crippen molar-refractivity contribution in [2.75, 3.05) is 36.5 Å². The van der Waals surface area contributed by atoms with Gasteiger partial charge in [-0.1, -0.05) is 12.5 Å². The first-order valence-corrected chi connectivity index (χ1v) is 12.8. The quantitative estimate of drug-likeness (QED) is 0.669. The molecule has 0 radical (unpaired) electrons. The molecule has 33 heavy (non-hydrogen) atoms. The van der Waals surface area contributed by atoms with Crippen molar-refractivity contribution in [1.29, 1.82) is 0 Å². The Hall–Kier alpha value is -2.91. The second-order valence-corrected chi connectivity index (χ2v) is 10.3. The van der Waals surface area contributed by atoms with Crippen LogP contribution in [0.1, 0.15) is 32.6 Å². The van der Waals surface area contributed by atoms with Crippen molar-refractivity contribution in [3.8, 4) is 5.75 Å². The summed E-state index contributed by atoms with van der Waals surface area (Å²) in [5.41, 5.74) is 1.12. The lowest BCUT2D eigenvalue weighted by Gasteiger charge is -2.26. The lowest BCUT2D eigenvalue weighted by molar-refractivity contribution is -0.122. The van der Waals surface area contributed by atoms with E-state index >= 15 is 0 Å². The first-order chi connectivity index (χ1) is 15.9. The van der Waals surface area contributed by atoms with Gasteiger partial charge in [-0.05, 0) is 62.2 Å². The molecule has 2 saturated heterocycles. The SMILES string of the molecule is CCOc1ccc(N2C[C@@H](C(=O)Nc3cccc(S(=O)(=O)N4CCCCC4)c3)CC2=O)cc1. The van der Waals surface area contributed by atoms with Crippen molar-refractivity contribution in [2.45, 2.75) is 37.5 Å². The summed E-state index contributed by atoms with van der Waals surface area (Å²) in [6, 6.07) is 13.5. The van der Waals surface area contributed by atoms with E-state index in [1.807, 2.05) is 6.92 Å². The Kier molecular flexibility index (Phi) is 6.99. The van der Waals surface area contributed by atoms with Crippen molar-refractivity contribution >= 4 is 33.2 Å². The van der Waals surface area contributed by atoms with Crippen molar-refractivity contribution in [1.82, 2.24) is 4.31 Å². The van der Waals surface area contributed by atoms with E-state index in [1.54, 1.807) is 47.4 Å². The molecule has 0 bridgehead atoms. The number of amides is 2. The number of hydrogen-bond acceptors (Lipinski definition) is 5. The van der Waals surface area contributed by atoms with Crippen LogP contribution in [0.25, 0.3) is 0 Å². The van der Waals surface area contributed by atoms with Crippen LogP contribution in [0.3, 0.4) is 0 Å². The van der Waals surface area contributed by atoms with E-state index in [1.165, 1.54) is 10.4 Å². The van der Waals surface area contributed by atoms with Crippen LogP contribution in [0, 0.1) is 5.92 Å². The minimum absolute atomic E-state index is 0.102.